The zero-order valence-electron chi connectivity index (χ0n) is 17.9. The number of oxime groups is 1. The van der Waals surface area contributed by atoms with Crippen LogP contribution in [0.3, 0.4) is 0 Å². The Hall–Kier alpha value is -2.36. The molecule has 3 unspecified atom stereocenters. The first-order valence-electron chi connectivity index (χ1n) is 10.3. The van der Waals surface area contributed by atoms with Crippen LogP contribution in [0.2, 0.25) is 0 Å². The first-order valence-corrected chi connectivity index (χ1v) is 10.3. The number of nitrogens with one attached hydrogen (secondary N) is 2. The fourth-order valence-electron chi connectivity index (χ4n) is 3.02. The summed E-state index contributed by atoms with van der Waals surface area (Å²) >= 11 is 0. The average Bonchev–Trinajstić information content (AvgIpc) is 3.01. The van der Waals surface area contributed by atoms with Crippen molar-refractivity contribution in [2.24, 2.45) is 11.1 Å². The number of unbranched alkanes of at least 4 members (excludes halogenated alkanes) is 3. The molecule has 4 amide bonds. The van der Waals surface area contributed by atoms with Crippen molar-refractivity contribution in [3.05, 3.63) is 0 Å². The molecule has 0 bridgehead atoms. The van der Waals surface area contributed by atoms with Crippen LogP contribution in [0.25, 0.3) is 0 Å². The summed E-state index contributed by atoms with van der Waals surface area (Å²) in [6.07, 6.45) is 4.75. The minimum absolute atomic E-state index is 0.123. The summed E-state index contributed by atoms with van der Waals surface area (Å²) in [6, 6.07) is -0.820. The van der Waals surface area contributed by atoms with Gasteiger partial charge in [-0.15, -0.1) is 0 Å². The number of carbonyl (C=O) groups excluding carboxylic acids is 3. The third-order valence-corrected chi connectivity index (χ3v) is 4.84. The highest BCUT2D eigenvalue weighted by Crippen LogP contribution is 2.13. The lowest BCUT2D eigenvalue weighted by atomic mass is 10.0. The molecular formula is C19H35N5O5. The Morgan fingerprint density at radius 2 is 1.97 bits per heavy atom. The molecule has 0 saturated carbocycles. The van der Waals surface area contributed by atoms with E-state index in [0.29, 0.717) is 30.2 Å². The number of urea groups is 1. The number of hydrogen-bond acceptors (Lipinski definition) is 6. The van der Waals surface area contributed by atoms with Crippen LogP contribution in [0.15, 0.2) is 5.16 Å². The predicted molar refractivity (Wildman–Crippen MR) is 108 cm³/mol. The second-order valence-corrected chi connectivity index (χ2v) is 7.37. The van der Waals surface area contributed by atoms with Gasteiger partial charge in [-0.05, 0) is 26.7 Å². The number of carbonyl (C=O) groups is 3. The minimum Gasteiger partial charge on any atom is -0.390 e. The number of hydrazine groups is 1. The van der Waals surface area contributed by atoms with Crippen molar-refractivity contribution in [3.63, 3.8) is 0 Å². The maximum atomic E-state index is 12.8. The van der Waals surface area contributed by atoms with E-state index in [9.17, 15) is 19.6 Å². The van der Waals surface area contributed by atoms with Crippen LogP contribution < -0.4 is 10.7 Å². The lowest BCUT2D eigenvalue weighted by molar-refractivity contribution is -0.155. The van der Waals surface area contributed by atoms with Crippen molar-refractivity contribution in [1.29, 1.82) is 0 Å². The van der Waals surface area contributed by atoms with Gasteiger partial charge in [0.15, 0.2) is 0 Å². The molecular weight excluding hydrogens is 378 g/mol. The van der Waals surface area contributed by atoms with Crippen molar-refractivity contribution in [2.45, 2.75) is 78.4 Å². The number of amides is 4. The summed E-state index contributed by atoms with van der Waals surface area (Å²) in [5, 5.41) is 18.0. The summed E-state index contributed by atoms with van der Waals surface area (Å²) in [6.45, 7) is 7.82. The zero-order valence-corrected chi connectivity index (χ0v) is 17.9. The molecule has 1 heterocycles. The van der Waals surface area contributed by atoms with E-state index in [1.807, 2.05) is 6.92 Å². The Morgan fingerprint density at radius 1 is 1.28 bits per heavy atom. The molecule has 10 nitrogen and oxygen atoms in total. The molecule has 0 aromatic rings. The molecule has 0 saturated heterocycles. The molecule has 0 spiro atoms. The Labute approximate surface area is 172 Å². The highest BCUT2D eigenvalue weighted by Gasteiger charge is 2.32. The lowest BCUT2D eigenvalue weighted by Crippen LogP contribution is -2.57. The van der Waals surface area contributed by atoms with Crippen molar-refractivity contribution in [3.8, 4) is 0 Å². The smallest absolute Gasteiger partial charge is 0.336 e. The Balaban J connectivity index is 2.80. The first-order chi connectivity index (χ1) is 13.8. The summed E-state index contributed by atoms with van der Waals surface area (Å²) in [7, 11) is 0. The fourth-order valence-corrected chi connectivity index (χ4v) is 3.02. The number of rotatable bonds is 12. The van der Waals surface area contributed by atoms with E-state index in [0.717, 1.165) is 25.7 Å². The molecule has 3 atom stereocenters. The van der Waals surface area contributed by atoms with E-state index < -0.39 is 17.9 Å². The van der Waals surface area contributed by atoms with Gasteiger partial charge in [-0.3, -0.25) is 20.2 Å². The Kier molecular flexibility index (Phi) is 11.0. The summed E-state index contributed by atoms with van der Waals surface area (Å²) in [4.78, 5) is 41.5. The predicted octanol–water partition coefficient (Wildman–Crippen LogP) is 2.04. The molecule has 166 valence electrons. The Morgan fingerprint density at radius 3 is 2.52 bits per heavy atom. The minimum atomic E-state index is -0.620. The van der Waals surface area contributed by atoms with Gasteiger partial charge in [-0.25, -0.2) is 14.9 Å². The number of hydroxylamine groups is 2. The average molecular weight is 414 g/mol. The molecule has 0 aromatic carbocycles. The van der Waals surface area contributed by atoms with Crippen molar-refractivity contribution in [2.75, 3.05) is 13.1 Å². The number of hydrogen-bond donors (Lipinski definition) is 3. The Bertz CT molecular complexity index is 571. The lowest BCUT2D eigenvalue weighted by Gasteiger charge is -2.28. The molecule has 0 aliphatic carbocycles. The maximum absolute atomic E-state index is 12.8. The van der Waals surface area contributed by atoms with Crippen LogP contribution in [0.1, 0.15) is 66.2 Å². The third-order valence-electron chi connectivity index (χ3n) is 4.84. The van der Waals surface area contributed by atoms with E-state index in [1.54, 1.807) is 13.8 Å². The molecule has 1 aliphatic rings. The largest absolute Gasteiger partial charge is 0.390 e. The second kappa shape index (κ2) is 13.0. The van der Waals surface area contributed by atoms with E-state index in [2.05, 4.69) is 22.8 Å². The van der Waals surface area contributed by atoms with Gasteiger partial charge in [-0.1, -0.05) is 44.7 Å². The van der Waals surface area contributed by atoms with Crippen LogP contribution >= 0.6 is 0 Å². The second-order valence-electron chi connectivity index (χ2n) is 7.37. The maximum Gasteiger partial charge on any atom is 0.336 e. The quantitative estimate of drug-likeness (QED) is 0.195. The molecule has 10 heteroatoms. The van der Waals surface area contributed by atoms with Crippen LogP contribution in [0, 0.1) is 5.92 Å². The molecule has 3 N–H and O–H groups in total. The molecule has 29 heavy (non-hydrogen) atoms. The molecule has 0 fully saturated rings. The van der Waals surface area contributed by atoms with Gasteiger partial charge in [0.1, 0.15) is 12.1 Å². The summed E-state index contributed by atoms with van der Waals surface area (Å²) < 4.78 is 0. The summed E-state index contributed by atoms with van der Waals surface area (Å²) in [5.41, 5.74) is 3.32. The van der Waals surface area contributed by atoms with E-state index >= 15 is 0 Å². The van der Waals surface area contributed by atoms with E-state index in [4.69, 9.17) is 4.84 Å². The molecule has 1 aliphatic heterocycles. The van der Waals surface area contributed by atoms with E-state index in [-0.39, 0.29) is 25.1 Å². The highest BCUT2D eigenvalue weighted by molar-refractivity contribution is 5.92. The SMILES string of the molecule is CCCCCC(CN(O)C=O)C(=O)NN(CCCC)C(=O)NC1C(C)=NOC1C. The molecule has 1 rings (SSSR count). The van der Waals surface area contributed by atoms with Crippen LogP contribution in [-0.2, 0) is 14.4 Å². The number of nitrogens with zero attached hydrogens (tertiary/aromatic N) is 3. The van der Waals surface area contributed by atoms with Gasteiger partial charge in [0.2, 0.25) is 12.3 Å². The van der Waals surface area contributed by atoms with Crippen LogP contribution in [0.5, 0.6) is 0 Å². The van der Waals surface area contributed by atoms with Gasteiger partial charge in [0.25, 0.3) is 0 Å². The van der Waals surface area contributed by atoms with Gasteiger partial charge >= 0.3 is 6.03 Å². The zero-order chi connectivity index (χ0) is 21.8. The van der Waals surface area contributed by atoms with Gasteiger partial charge in [0, 0.05) is 6.54 Å². The highest BCUT2D eigenvalue weighted by atomic mass is 16.6. The standard InChI is InChI=1S/C19H35N5O5/c1-5-7-9-10-16(12-23(28)13-25)18(26)21-24(11-8-6-2)19(27)20-17-14(3)22-29-15(17)4/h13,15-17,28H,5-12H2,1-4H3,(H,20,27)(H,21,26). The topological polar surface area (TPSA) is 124 Å². The fraction of sp³-hybridized carbons (Fsp3) is 0.789. The van der Waals surface area contributed by atoms with E-state index in [1.165, 1.54) is 5.01 Å². The van der Waals surface area contributed by atoms with Gasteiger partial charge < -0.3 is 10.2 Å². The van der Waals surface area contributed by atoms with Gasteiger partial charge in [0.05, 0.1) is 18.2 Å². The molecule has 0 radical (unpaired) electrons. The van der Waals surface area contributed by atoms with Gasteiger partial charge in [-0.2, -0.15) is 0 Å². The summed E-state index contributed by atoms with van der Waals surface area (Å²) in [5.74, 6) is -1.03. The van der Waals surface area contributed by atoms with Crippen molar-refractivity contribution in [1.82, 2.24) is 20.8 Å². The van der Waals surface area contributed by atoms with Crippen molar-refractivity contribution >= 4 is 24.1 Å². The normalized spacial score (nSPS) is 19.0. The first kappa shape index (κ1) is 24.7. The monoisotopic (exact) mass is 413 g/mol. The molecule has 0 aromatic heterocycles. The van der Waals surface area contributed by atoms with Crippen molar-refractivity contribution < 1.29 is 24.4 Å². The van der Waals surface area contributed by atoms with Crippen LogP contribution in [-0.4, -0.2) is 64.6 Å². The third kappa shape index (κ3) is 8.26. The van der Waals surface area contributed by atoms with Crippen LogP contribution in [0.4, 0.5) is 4.79 Å².